The second-order valence-electron chi connectivity index (χ2n) is 16.5. The van der Waals surface area contributed by atoms with Crippen molar-refractivity contribution in [3.63, 3.8) is 0 Å². The largest absolute Gasteiger partial charge is 0.433 e. The van der Waals surface area contributed by atoms with Crippen molar-refractivity contribution in [2.45, 2.75) is 89.1 Å². The molecule has 0 radical (unpaired) electrons. The van der Waals surface area contributed by atoms with Crippen LogP contribution < -0.4 is 21.3 Å². The maximum atomic E-state index is 13.3. The van der Waals surface area contributed by atoms with E-state index in [1.807, 2.05) is 6.07 Å². The van der Waals surface area contributed by atoms with E-state index >= 15 is 0 Å². The topological polar surface area (TPSA) is 191 Å². The smallest absolute Gasteiger partial charge is 0.398 e. The first-order valence-electron chi connectivity index (χ1n) is 20.3. The first-order chi connectivity index (χ1) is 28.5. The molecule has 0 bridgehead atoms. The Morgan fingerprint density at radius 1 is 0.967 bits per heavy atom. The number of alkyl halides is 3. The number of aromatic nitrogens is 1. The number of nitrogens with two attached hydrogens (primary N) is 1. The van der Waals surface area contributed by atoms with Crippen LogP contribution in [-0.4, -0.2) is 100 Å². The van der Waals surface area contributed by atoms with Gasteiger partial charge in [-0.05, 0) is 114 Å². The maximum absolute atomic E-state index is 13.3. The van der Waals surface area contributed by atoms with Gasteiger partial charge in [-0.1, -0.05) is 6.07 Å². The van der Waals surface area contributed by atoms with Crippen LogP contribution in [0.25, 0.3) is 0 Å². The minimum absolute atomic E-state index is 0.0550. The summed E-state index contributed by atoms with van der Waals surface area (Å²) in [6.07, 6.45) is 3.01. The quantitative estimate of drug-likeness (QED) is 0.114. The second-order valence-corrected chi connectivity index (χ2v) is 16.5. The molecule has 1 atom stereocenters. The summed E-state index contributed by atoms with van der Waals surface area (Å²) in [7, 11) is 0. The number of piperidine rings is 3. The van der Waals surface area contributed by atoms with Crippen molar-refractivity contribution in [2.24, 2.45) is 10.9 Å². The molecule has 3 fully saturated rings. The fourth-order valence-corrected chi connectivity index (χ4v) is 8.48. The molecule has 5 amide bonds. The van der Waals surface area contributed by atoms with Crippen LogP contribution in [0.5, 0.6) is 0 Å². The number of hydrogen-bond acceptors (Lipinski definition) is 11. The lowest BCUT2D eigenvalue weighted by atomic mass is 9.91. The number of fused-ring (bicyclic) bond motifs is 1. The van der Waals surface area contributed by atoms with Crippen molar-refractivity contribution in [3.8, 4) is 0 Å². The summed E-state index contributed by atoms with van der Waals surface area (Å²) in [6, 6.07) is 10.5. The number of nitrogens with one attached hydrogen (secondary N) is 2. The lowest BCUT2D eigenvalue weighted by molar-refractivity contribution is -0.141. The van der Waals surface area contributed by atoms with E-state index in [9.17, 15) is 42.3 Å². The Bertz CT molecular complexity index is 2210. The molecule has 0 aliphatic carbocycles. The van der Waals surface area contributed by atoms with E-state index in [0.29, 0.717) is 17.2 Å². The second kappa shape index (κ2) is 17.1. The van der Waals surface area contributed by atoms with Gasteiger partial charge in [0.1, 0.15) is 17.4 Å². The summed E-state index contributed by atoms with van der Waals surface area (Å²) in [4.78, 5) is 77.4. The van der Waals surface area contributed by atoms with Gasteiger partial charge in [-0.25, -0.2) is 4.98 Å². The van der Waals surface area contributed by atoms with E-state index in [-0.39, 0.29) is 41.3 Å². The van der Waals surface area contributed by atoms with Gasteiger partial charge >= 0.3 is 6.18 Å². The van der Waals surface area contributed by atoms with Crippen LogP contribution in [0.3, 0.4) is 0 Å². The van der Waals surface area contributed by atoms with Crippen molar-refractivity contribution in [1.29, 1.82) is 0 Å². The van der Waals surface area contributed by atoms with E-state index in [0.717, 1.165) is 94.0 Å². The zero-order chi connectivity index (χ0) is 42.9. The number of pyridine rings is 1. The highest BCUT2D eigenvalue weighted by atomic mass is 19.4. The zero-order valence-electron chi connectivity index (χ0n) is 33.6. The van der Waals surface area contributed by atoms with Gasteiger partial charge in [-0.15, -0.1) is 0 Å². The third-order valence-corrected chi connectivity index (χ3v) is 11.9. The van der Waals surface area contributed by atoms with E-state index in [1.165, 1.54) is 26.0 Å². The number of carbonyl (C=O) groups excluding carboxylic acids is 5. The van der Waals surface area contributed by atoms with Crippen LogP contribution in [0.15, 0.2) is 53.5 Å². The molecule has 3 saturated heterocycles. The summed E-state index contributed by atoms with van der Waals surface area (Å²) in [6.45, 7) is 7.45. The number of amides is 5. The third kappa shape index (κ3) is 9.36. The number of imide groups is 2. The van der Waals surface area contributed by atoms with Crippen molar-refractivity contribution in [2.75, 3.05) is 48.7 Å². The van der Waals surface area contributed by atoms with Crippen molar-refractivity contribution < 1.29 is 42.3 Å². The molecule has 0 spiro atoms. The normalized spacial score (nSPS) is 19.9. The molecule has 0 saturated carbocycles. The number of carbonyl (C=O) groups is 5. The molecule has 2 aromatic carbocycles. The van der Waals surface area contributed by atoms with Crippen LogP contribution >= 0.6 is 0 Å². The lowest BCUT2D eigenvalue weighted by Gasteiger charge is -2.34. The summed E-state index contributed by atoms with van der Waals surface area (Å²) in [5.41, 5.74) is 6.03. The van der Waals surface area contributed by atoms with Gasteiger partial charge in [0.2, 0.25) is 11.8 Å². The van der Waals surface area contributed by atoms with E-state index in [4.69, 9.17) is 10.7 Å². The average Bonchev–Trinajstić information content (AvgIpc) is 3.45. The molecule has 1 unspecified atom stereocenters. The van der Waals surface area contributed by atoms with Gasteiger partial charge < -0.3 is 26.0 Å². The maximum Gasteiger partial charge on any atom is 0.433 e. The van der Waals surface area contributed by atoms with Gasteiger partial charge in [0, 0.05) is 67.0 Å². The van der Waals surface area contributed by atoms with Crippen LogP contribution in [0.4, 0.5) is 30.2 Å². The Morgan fingerprint density at radius 3 is 2.37 bits per heavy atom. The monoisotopic (exact) mass is 830 g/mol. The molecule has 60 heavy (non-hydrogen) atoms. The first-order valence-corrected chi connectivity index (χ1v) is 20.3. The Morgan fingerprint density at radius 2 is 1.68 bits per heavy atom. The third-order valence-electron chi connectivity index (χ3n) is 11.9. The van der Waals surface area contributed by atoms with E-state index in [1.54, 1.807) is 24.4 Å². The number of aliphatic hydroxyl groups is 1. The van der Waals surface area contributed by atoms with Gasteiger partial charge in [0.15, 0.2) is 0 Å². The van der Waals surface area contributed by atoms with Gasteiger partial charge in [-0.3, -0.25) is 39.2 Å². The molecule has 5 heterocycles. The van der Waals surface area contributed by atoms with Gasteiger partial charge in [0.05, 0.1) is 22.8 Å². The fraction of sp³-hybridized carbons (Fsp3) is 0.465. The predicted octanol–water partition coefficient (Wildman–Crippen LogP) is 5.14. The van der Waals surface area contributed by atoms with Crippen molar-refractivity contribution in [3.05, 3.63) is 82.2 Å². The van der Waals surface area contributed by atoms with Crippen molar-refractivity contribution in [1.82, 2.24) is 20.1 Å². The standard InChI is InChI=1S/C43H49F3N8O6/c1-42(2,60)31-23-32(47)26(21-34(31)50-38(56)33-6-3-7-36(49-33)43(44,45)46)24-48-27-14-17-52(18-15-27)16-4-5-25-12-19-53(20-13-25)28-8-9-29-30(22-28)41(59)54(40(29)58)35-10-11-37(55)51-39(35)57/h3,6-9,21-25,27,35,60H,4-5,10-20,47H2,1-2H3,(H,50,56)(H,51,55,57). The highest BCUT2D eigenvalue weighted by Crippen LogP contribution is 2.35. The fourth-order valence-electron chi connectivity index (χ4n) is 8.48. The molecule has 17 heteroatoms. The number of likely N-dealkylation sites (tertiary alicyclic amines) is 1. The molecule has 4 aliphatic rings. The van der Waals surface area contributed by atoms with E-state index < -0.39 is 58.7 Å². The first kappa shape index (κ1) is 42.4. The molecule has 3 aromatic rings. The van der Waals surface area contributed by atoms with Gasteiger partial charge in [-0.2, -0.15) is 13.2 Å². The molecule has 7 rings (SSSR count). The summed E-state index contributed by atoms with van der Waals surface area (Å²) < 4.78 is 39.7. The molecule has 1 aromatic heterocycles. The molecular formula is C43H49F3N8O6. The number of aliphatic imine (C=N–C) groups is 1. The Balaban J connectivity index is 0.867. The molecular weight excluding hydrogens is 782 g/mol. The number of benzene rings is 2. The Hall–Kier alpha value is -5.68. The number of rotatable bonds is 11. The van der Waals surface area contributed by atoms with Crippen LogP contribution in [0, 0.1) is 5.92 Å². The number of anilines is 3. The minimum Gasteiger partial charge on any atom is -0.398 e. The summed E-state index contributed by atoms with van der Waals surface area (Å²) in [5, 5.41) is 15.6. The zero-order valence-corrected chi connectivity index (χ0v) is 33.6. The molecule has 318 valence electrons. The van der Waals surface area contributed by atoms with Crippen LogP contribution in [0.2, 0.25) is 0 Å². The lowest BCUT2D eigenvalue weighted by Crippen LogP contribution is -2.54. The molecule has 14 nitrogen and oxygen atoms in total. The average molecular weight is 831 g/mol. The summed E-state index contributed by atoms with van der Waals surface area (Å²) >= 11 is 0. The Kier molecular flexibility index (Phi) is 12.1. The predicted molar refractivity (Wildman–Crippen MR) is 218 cm³/mol. The highest BCUT2D eigenvalue weighted by Gasteiger charge is 2.45. The van der Waals surface area contributed by atoms with Gasteiger partial charge in [0.25, 0.3) is 17.7 Å². The highest BCUT2D eigenvalue weighted by molar-refractivity contribution is 6.23. The van der Waals surface area contributed by atoms with E-state index in [2.05, 4.69) is 25.4 Å². The number of nitrogens with zero attached hydrogens (tertiary/aromatic N) is 5. The van der Waals surface area contributed by atoms with Crippen LogP contribution in [-0.2, 0) is 21.4 Å². The van der Waals surface area contributed by atoms with Crippen molar-refractivity contribution >= 4 is 52.8 Å². The number of hydrogen-bond donors (Lipinski definition) is 4. The Labute approximate surface area is 345 Å². The minimum atomic E-state index is -4.72. The summed E-state index contributed by atoms with van der Waals surface area (Å²) in [5.74, 6) is -2.34. The SMILES string of the molecule is CC(C)(O)c1cc(N)c(C=NC2CCN(CCCC3CCN(c4ccc5c(c4)C(=O)N(C4CCC(=O)NC4=O)C5=O)CC3)CC2)cc1NC(=O)c1cccc(C(F)(F)F)n1. The van der Waals surface area contributed by atoms with Crippen LogP contribution in [0.1, 0.15) is 113 Å². The molecule has 4 aliphatic heterocycles. The number of nitrogen functional groups attached to an aromatic ring is 1. The number of halogens is 3. The molecule has 5 N–H and O–H groups in total.